The first-order valence-electron chi connectivity index (χ1n) is 5.17. The molecule has 1 unspecified atom stereocenters. The Labute approximate surface area is 90.8 Å². The van der Waals surface area contributed by atoms with E-state index in [1.54, 1.807) is 0 Å². The number of hydroxylamine groups is 2. The van der Waals surface area contributed by atoms with Crippen molar-refractivity contribution in [2.24, 2.45) is 0 Å². The van der Waals surface area contributed by atoms with Crippen LogP contribution in [0.3, 0.4) is 0 Å². The van der Waals surface area contributed by atoms with Crippen LogP contribution in [0.4, 0.5) is 0 Å². The van der Waals surface area contributed by atoms with E-state index in [1.807, 2.05) is 31.9 Å². The molecule has 0 fully saturated rings. The van der Waals surface area contributed by atoms with E-state index in [-0.39, 0.29) is 11.6 Å². The Morgan fingerprint density at radius 2 is 2.20 bits per heavy atom. The Morgan fingerprint density at radius 1 is 1.60 bits per heavy atom. The van der Waals surface area contributed by atoms with E-state index in [2.05, 4.69) is 11.7 Å². The number of esters is 1. The zero-order valence-corrected chi connectivity index (χ0v) is 10.0. The number of methoxy groups -OCH3 is 1. The van der Waals surface area contributed by atoms with Crippen molar-refractivity contribution in [1.82, 2.24) is 5.06 Å². The number of nitrogens with zero attached hydrogens (tertiary/aromatic N) is 1. The van der Waals surface area contributed by atoms with Crippen LogP contribution in [0.25, 0.3) is 0 Å². The van der Waals surface area contributed by atoms with Gasteiger partial charge in [-0.1, -0.05) is 6.92 Å². The van der Waals surface area contributed by atoms with E-state index in [1.165, 1.54) is 7.11 Å². The molecule has 0 radical (unpaired) electrons. The first-order valence-corrected chi connectivity index (χ1v) is 5.17. The Hall–Kier alpha value is -1.03. The molecule has 15 heavy (non-hydrogen) atoms. The van der Waals surface area contributed by atoms with Crippen molar-refractivity contribution in [3.63, 3.8) is 0 Å². The van der Waals surface area contributed by atoms with Crippen molar-refractivity contribution in [3.8, 4) is 0 Å². The third kappa shape index (κ3) is 2.50. The number of ether oxygens (including phenoxy) is 1. The van der Waals surface area contributed by atoms with Gasteiger partial charge in [0.2, 0.25) is 5.76 Å². The fraction of sp³-hybridized carbons (Fsp3) is 0.727. The van der Waals surface area contributed by atoms with Gasteiger partial charge < -0.3 is 9.57 Å². The zero-order chi connectivity index (χ0) is 11.6. The van der Waals surface area contributed by atoms with Gasteiger partial charge in [-0.2, -0.15) is 0 Å². The van der Waals surface area contributed by atoms with Crippen LogP contribution in [-0.4, -0.2) is 29.7 Å². The van der Waals surface area contributed by atoms with E-state index in [4.69, 9.17) is 4.84 Å². The molecule has 1 aliphatic rings. The second kappa shape index (κ2) is 4.23. The predicted molar refractivity (Wildman–Crippen MR) is 56.9 cm³/mol. The Balaban J connectivity index is 2.81. The largest absolute Gasteiger partial charge is 0.463 e. The summed E-state index contributed by atoms with van der Waals surface area (Å²) in [6, 6.07) is 0.138. The molecule has 1 atom stereocenters. The van der Waals surface area contributed by atoms with Crippen LogP contribution in [0.5, 0.6) is 0 Å². The highest BCUT2D eigenvalue weighted by molar-refractivity contribution is 5.86. The molecule has 1 aliphatic heterocycles. The summed E-state index contributed by atoms with van der Waals surface area (Å²) in [4.78, 5) is 16.8. The zero-order valence-electron chi connectivity index (χ0n) is 10.0. The van der Waals surface area contributed by atoms with Crippen LogP contribution in [-0.2, 0) is 14.4 Å². The molecule has 4 nitrogen and oxygen atoms in total. The van der Waals surface area contributed by atoms with Gasteiger partial charge in [0.05, 0.1) is 13.2 Å². The molecular weight excluding hydrogens is 194 g/mol. The maximum absolute atomic E-state index is 11.3. The Morgan fingerprint density at radius 3 is 2.53 bits per heavy atom. The molecule has 4 heteroatoms. The van der Waals surface area contributed by atoms with Crippen LogP contribution >= 0.6 is 0 Å². The summed E-state index contributed by atoms with van der Waals surface area (Å²) in [5.41, 5.74) is -0.132. The predicted octanol–water partition coefficient (Wildman–Crippen LogP) is 1.87. The van der Waals surface area contributed by atoms with E-state index in [0.717, 1.165) is 6.42 Å². The second-order valence-corrected chi connectivity index (χ2v) is 4.59. The van der Waals surface area contributed by atoms with Crippen molar-refractivity contribution in [3.05, 3.63) is 11.8 Å². The molecule has 0 aromatic carbocycles. The molecule has 0 bridgehead atoms. The Bertz CT molecular complexity index is 278. The lowest BCUT2D eigenvalue weighted by Gasteiger charge is -2.34. The standard InChI is InChI=1S/C11H19NO3/c1-6-8-7-9(10(13)14-5)15-12(8)11(2,3)4/h7-8H,6H2,1-5H3. The van der Waals surface area contributed by atoms with Gasteiger partial charge in [-0.25, -0.2) is 4.79 Å². The highest BCUT2D eigenvalue weighted by Crippen LogP contribution is 2.28. The minimum absolute atomic E-state index is 0.132. The summed E-state index contributed by atoms with van der Waals surface area (Å²) >= 11 is 0. The highest BCUT2D eigenvalue weighted by Gasteiger charge is 2.37. The number of carbonyl (C=O) groups excluding carboxylic acids is 1. The molecule has 0 N–H and O–H groups in total. The van der Waals surface area contributed by atoms with Crippen LogP contribution in [0.1, 0.15) is 34.1 Å². The van der Waals surface area contributed by atoms with E-state index >= 15 is 0 Å². The third-order valence-electron chi connectivity index (χ3n) is 2.31. The quantitative estimate of drug-likeness (QED) is 0.656. The summed E-state index contributed by atoms with van der Waals surface area (Å²) in [6.45, 7) is 8.20. The van der Waals surface area contributed by atoms with Crippen molar-refractivity contribution >= 4 is 5.97 Å². The normalized spacial score (nSPS) is 22.2. The van der Waals surface area contributed by atoms with E-state index in [0.29, 0.717) is 5.76 Å². The van der Waals surface area contributed by atoms with Gasteiger partial charge in [-0.15, -0.1) is 5.06 Å². The van der Waals surface area contributed by atoms with Gasteiger partial charge >= 0.3 is 5.97 Å². The molecule has 86 valence electrons. The lowest BCUT2D eigenvalue weighted by atomic mass is 10.1. The number of carbonyl (C=O) groups is 1. The van der Waals surface area contributed by atoms with Crippen LogP contribution in [0, 0.1) is 0 Å². The van der Waals surface area contributed by atoms with Crippen molar-refractivity contribution in [2.45, 2.75) is 45.7 Å². The third-order valence-corrected chi connectivity index (χ3v) is 2.31. The summed E-state index contributed by atoms with van der Waals surface area (Å²) < 4.78 is 4.63. The van der Waals surface area contributed by atoms with Crippen molar-refractivity contribution < 1.29 is 14.4 Å². The summed E-state index contributed by atoms with van der Waals surface area (Å²) in [5, 5.41) is 1.83. The fourth-order valence-corrected chi connectivity index (χ4v) is 1.57. The molecule has 0 saturated carbocycles. The van der Waals surface area contributed by atoms with Crippen LogP contribution in [0.15, 0.2) is 11.8 Å². The summed E-state index contributed by atoms with van der Waals surface area (Å²) in [5.74, 6) is -0.125. The topological polar surface area (TPSA) is 38.8 Å². The lowest BCUT2D eigenvalue weighted by Crippen LogP contribution is -2.44. The van der Waals surface area contributed by atoms with Gasteiger partial charge in [-0.05, 0) is 33.3 Å². The molecule has 0 saturated heterocycles. The molecular formula is C11H19NO3. The van der Waals surface area contributed by atoms with Crippen LogP contribution < -0.4 is 0 Å². The minimum Gasteiger partial charge on any atom is -0.463 e. The lowest BCUT2D eigenvalue weighted by molar-refractivity contribution is -0.187. The number of hydrogen-bond acceptors (Lipinski definition) is 4. The molecule has 0 aromatic heterocycles. The highest BCUT2D eigenvalue weighted by atomic mass is 16.7. The maximum atomic E-state index is 11.3. The molecule has 1 heterocycles. The minimum atomic E-state index is -0.416. The van der Waals surface area contributed by atoms with Crippen molar-refractivity contribution in [2.75, 3.05) is 7.11 Å². The molecule has 0 amide bonds. The van der Waals surface area contributed by atoms with Gasteiger partial charge in [0, 0.05) is 5.54 Å². The first-order chi connectivity index (χ1) is 6.90. The second-order valence-electron chi connectivity index (χ2n) is 4.59. The van der Waals surface area contributed by atoms with Crippen LogP contribution in [0.2, 0.25) is 0 Å². The van der Waals surface area contributed by atoms with E-state index in [9.17, 15) is 4.79 Å². The smallest absolute Gasteiger partial charge is 0.375 e. The number of hydrogen-bond donors (Lipinski definition) is 0. The maximum Gasteiger partial charge on any atom is 0.375 e. The first kappa shape index (κ1) is 12.0. The van der Waals surface area contributed by atoms with Gasteiger partial charge in [0.1, 0.15) is 0 Å². The summed E-state index contributed by atoms with van der Waals surface area (Å²) in [7, 11) is 1.35. The monoisotopic (exact) mass is 213 g/mol. The summed E-state index contributed by atoms with van der Waals surface area (Å²) in [6.07, 6.45) is 2.72. The molecule has 0 aliphatic carbocycles. The molecule has 0 aromatic rings. The Kier molecular flexibility index (Phi) is 3.39. The molecule has 0 spiro atoms. The fourth-order valence-electron chi connectivity index (χ4n) is 1.57. The van der Waals surface area contributed by atoms with Gasteiger partial charge in [0.25, 0.3) is 0 Å². The number of rotatable bonds is 2. The van der Waals surface area contributed by atoms with E-state index < -0.39 is 5.97 Å². The van der Waals surface area contributed by atoms with Gasteiger partial charge in [-0.3, -0.25) is 0 Å². The molecule has 1 rings (SSSR count). The average molecular weight is 213 g/mol. The average Bonchev–Trinajstić information content (AvgIpc) is 2.59. The van der Waals surface area contributed by atoms with Gasteiger partial charge in [0.15, 0.2) is 0 Å². The SMILES string of the molecule is CCC1C=C(C(=O)OC)ON1C(C)(C)C. The van der Waals surface area contributed by atoms with Crippen molar-refractivity contribution in [1.29, 1.82) is 0 Å².